The largest absolute Gasteiger partial charge is 0.487 e. The summed E-state index contributed by atoms with van der Waals surface area (Å²) in [5.41, 5.74) is 0.919. The van der Waals surface area contributed by atoms with Crippen molar-refractivity contribution in [2.45, 2.75) is 26.5 Å². The first kappa shape index (κ1) is 16.0. The van der Waals surface area contributed by atoms with E-state index >= 15 is 0 Å². The molecule has 1 heterocycles. The average molecular weight is 304 g/mol. The molecule has 0 saturated carbocycles. The lowest BCUT2D eigenvalue weighted by atomic mass is 10.3. The van der Waals surface area contributed by atoms with E-state index in [-0.39, 0.29) is 25.9 Å². The van der Waals surface area contributed by atoms with E-state index in [4.69, 9.17) is 9.47 Å². The van der Waals surface area contributed by atoms with E-state index < -0.39 is 5.97 Å². The molecule has 1 aromatic carbocycles. The van der Waals surface area contributed by atoms with E-state index in [2.05, 4.69) is 5.10 Å². The van der Waals surface area contributed by atoms with Crippen molar-refractivity contribution in [3.8, 4) is 5.75 Å². The van der Waals surface area contributed by atoms with E-state index in [1.165, 1.54) is 4.68 Å². The minimum atomic E-state index is -0.457. The molecule has 1 aromatic heterocycles. The summed E-state index contributed by atoms with van der Waals surface area (Å²) in [5, 5.41) is 13.6. The number of hydrogen-bond donors (Lipinski definition) is 1. The van der Waals surface area contributed by atoms with Gasteiger partial charge in [0.1, 0.15) is 23.7 Å². The lowest BCUT2D eigenvalue weighted by Crippen LogP contribution is -2.18. The van der Waals surface area contributed by atoms with E-state index in [1.807, 2.05) is 30.3 Å². The maximum absolute atomic E-state index is 12.0. The molecule has 1 atom stereocenters. The number of hydrogen-bond acceptors (Lipinski definition) is 5. The highest BCUT2D eigenvalue weighted by Gasteiger charge is 2.20. The van der Waals surface area contributed by atoms with E-state index in [9.17, 15) is 9.90 Å². The maximum atomic E-state index is 12.0. The van der Waals surface area contributed by atoms with Gasteiger partial charge in [0.05, 0.1) is 19.3 Å². The summed E-state index contributed by atoms with van der Waals surface area (Å²) in [5.74, 6) is 0.270. The van der Waals surface area contributed by atoms with Gasteiger partial charge in [0, 0.05) is 0 Å². The Hall–Kier alpha value is -2.34. The summed E-state index contributed by atoms with van der Waals surface area (Å²) in [7, 11) is 0. The SMILES string of the molecule is CCOC(=O)c1cc(COc2ccccc2)nn1C(C)CO. The van der Waals surface area contributed by atoms with Gasteiger partial charge in [-0.15, -0.1) is 0 Å². The summed E-state index contributed by atoms with van der Waals surface area (Å²) < 4.78 is 12.1. The quantitative estimate of drug-likeness (QED) is 0.794. The molecule has 0 aliphatic carbocycles. The molecule has 0 aliphatic rings. The molecule has 0 radical (unpaired) electrons. The van der Waals surface area contributed by atoms with Gasteiger partial charge in [0.15, 0.2) is 0 Å². The number of aliphatic hydroxyl groups excluding tert-OH is 1. The van der Waals surface area contributed by atoms with Crippen LogP contribution < -0.4 is 4.74 Å². The fraction of sp³-hybridized carbons (Fsp3) is 0.375. The Balaban J connectivity index is 2.16. The minimum absolute atomic E-state index is 0.118. The van der Waals surface area contributed by atoms with E-state index in [1.54, 1.807) is 19.9 Å². The van der Waals surface area contributed by atoms with Crippen molar-refractivity contribution in [3.05, 3.63) is 47.8 Å². The molecule has 6 heteroatoms. The highest BCUT2D eigenvalue weighted by molar-refractivity contribution is 5.87. The second kappa shape index (κ2) is 7.61. The zero-order chi connectivity index (χ0) is 15.9. The minimum Gasteiger partial charge on any atom is -0.487 e. The van der Waals surface area contributed by atoms with E-state index in [0.717, 1.165) is 5.75 Å². The number of para-hydroxylation sites is 1. The average Bonchev–Trinajstić information content (AvgIpc) is 2.98. The fourth-order valence-corrected chi connectivity index (χ4v) is 1.96. The van der Waals surface area contributed by atoms with Crippen molar-refractivity contribution < 1.29 is 19.4 Å². The fourth-order valence-electron chi connectivity index (χ4n) is 1.96. The molecule has 1 unspecified atom stereocenters. The topological polar surface area (TPSA) is 73.6 Å². The normalized spacial score (nSPS) is 12.0. The summed E-state index contributed by atoms with van der Waals surface area (Å²) in [6.07, 6.45) is 0. The molecule has 2 aromatic rings. The molecule has 0 amide bonds. The first-order chi connectivity index (χ1) is 10.7. The van der Waals surface area contributed by atoms with Crippen LogP contribution in [0.2, 0.25) is 0 Å². The first-order valence-corrected chi connectivity index (χ1v) is 7.20. The van der Waals surface area contributed by atoms with Gasteiger partial charge in [0.25, 0.3) is 0 Å². The van der Waals surface area contributed by atoms with Crippen molar-refractivity contribution in [2.75, 3.05) is 13.2 Å². The predicted molar refractivity (Wildman–Crippen MR) is 80.8 cm³/mol. The third kappa shape index (κ3) is 3.85. The molecule has 0 saturated heterocycles. The molecule has 22 heavy (non-hydrogen) atoms. The van der Waals surface area contributed by atoms with Crippen molar-refractivity contribution in [3.63, 3.8) is 0 Å². The second-order valence-electron chi connectivity index (χ2n) is 4.82. The third-order valence-corrected chi connectivity index (χ3v) is 3.08. The molecule has 0 bridgehead atoms. The Morgan fingerprint density at radius 2 is 2.09 bits per heavy atom. The molecule has 1 N–H and O–H groups in total. The maximum Gasteiger partial charge on any atom is 0.356 e. The van der Waals surface area contributed by atoms with Crippen LogP contribution in [-0.4, -0.2) is 34.1 Å². The Labute approximate surface area is 129 Å². The molecule has 0 aliphatic heterocycles. The van der Waals surface area contributed by atoms with Crippen molar-refractivity contribution in [2.24, 2.45) is 0 Å². The Bertz CT molecular complexity index is 610. The Kier molecular flexibility index (Phi) is 5.55. The van der Waals surface area contributed by atoms with E-state index in [0.29, 0.717) is 11.4 Å². The van der Waals surface area contributed by atoms with Crippen LogP contribution in [0.25, 0.3) is 0 Å². The molecule has 2 rings (SSSR count). The van der Waals surface area contributed by atoms with Gasteiger partial charge >= 0.3 is 5.97 Å². The van der Waals surface area contributed by atoms with Crippen LogP contribution in [0.3, 0.4) is 0 Å². The summed E-state index contributed by atoms with van der Waals surface area (Å²) in [6.45, 7) is 3.92. The van der Waals surface area contributed by atoms with Crippen LogP contribution in [0.1, 0.15) is 36.1 Å². The Morgan fingerprint density at radius 3 is 2.73 bits per heavy atom. The molecule has 6 nitrogen and oxygen atoms in total. The number of ether oxygens (including phenoxy) is 2. The zero-order valence-corrected chi connectivity index (χ0v) is 12.7. The van der Waals surface area contributed by atoms with Gasteiger partial charge in [0.2, 0.25) is 0 Å². The molecule has 0 fully saturated rings. The third-order valence-electron chi connectivity index (χ3n) is 3.08. The lowest BCUT2D eigenvalue weighted by Gasteiger charge is -2.12. The van der Waals surface area contributed by atoms with Gasteiger partial charge in [-0.25, -0.2) is 4.79 Å². The predicted octanol–water partition coefficient (Wildman–Crippen LogP) is 2.19. The molecule has 0 spiro atoms. The number of benzene rings is 1. The first-order valence-electron chi connectivity index (χ1n) is 7.20. The van der Waals surface area contributed by atoms with Crippen molar-refractivity contribution in [1.82, 2.24) is 9.78 Å². The zero-order valence-electron chi connectivity index (χ0n) is 12.7. The lowest BCUT2D eigenvalue weighted by molar-refractivity contribution is 0.0506. The molecular weight excluding hydrogens is 284 g/mol. The number of aliphatic hydroxyl groups is 1. The van der Waals surface area contributed by atoms with Crippen molar-refractivity contribution in [1.29, 1.82) is 0 Å². The summed E-state index contributed by atoms with van der Waals surface area (Å²) in [4.78, 5) is 12.0. The molecule has 118 valence electrons. The van der Waals surface area contributed by atoms with Gasteiger partial charge < -0.3 is 14.6 Å². The number of carbonyl (C=O) groups excluding carboxylic acids is 1. The second-order valence-corrected chi connectivity index (χ2v) is 4.82. The van der Waals surface area contributed by atoms with Gasteiger partial charge in [-0.2, -0.15) is 5.10 Å². The van der Waals surface area contributed by atoms with Crippen LogP contribution in [0.4, 0.5) is 0 Å². The highest BCUT2D eigenvalue weighted by Crippen LogP contribution is 2.16. The monoisotopic (exact) mass is 304 g/mol. The van der Waals surface area contributed by atoms with Gasteiger partial charge in [-0.3, -0.25) is 4.68 Å². The van der Waals surface area contributed by atoms with Crippen LogP contribution in [0.5, 0.6) is 5.75 Å². The Morgan fingerprint density at radius 1 is 1.36 bits per heavy atom. The summed E-state index contributed by atoms with van der Waals surface area (Å²) in [6, 6.07) is 10.7. The highest BCUT2D eigenvalue weighted by atomic mass is 16.5. The van der Waals surface area contributed by atoms with Crippen LogP contribution >= 0.6 is 0 Å². The van der Waals surface area contributed by atoms with Gasteiger partial charge in [-0.05, 0) is 32.0 Å². The van der Waals surface area contributed by atoms with Crippen LogP contribution in [0.15, 0.2) is 36.4 Å². The standard InChI is InChI=1S/C16H20N2O4/c1-3-21-16(20)15-9-13(17-18(15)12(2)10-19)11-22-14-7-5-4-6-8-14/h4-9,12,19H,3,10-11H2,1-2H3. The number of carbonyl (C=O) groups is 1. The van der Waals surface area contributed by atoms with Crippen LogP contribution in [0, 0.1) is 0 Å². The number of esters is 1. The number of rotatable bonds is 7. The smallest absolute Gasteiger partial charge is 0.356 e. The number of nitrogens with zero attached hydrogens (tertiary/aromatic N) is 2. The number of aromatic nitrogens is 2. The van der Waals surface area contributed by atoms with Crippen molar-refractivity contribution >= 4 is 5.97 Å². The van der Waals surface area contributed by atoms with Gasteiger partial charge in [-0.1, -0.05) is 18.2 Å². The van der Waals surface area contributed by atoms with Crippen LogP contribution in [-0.2, 0) is 11.3 Å². The molecular formula is C16H20N2O4. The summed E-state index contributed by atoms with van der Waals surface area (Å²) >= 11 is 0.